The van der Waals surface area contributed by atoms with E-state index in [4.69, 9.17) is 0 Å². The maximum atomic E-state index is 12.7. The first kappa shape index (κ1) is 19.7. The van der Waals surface area contributed by atoms with Crippen LogP contribution in [0.15, 0.2) is 58.7 Å². The molecule has 0 saturated heterocycles. The lowest BCUT2D eigenvalue weighted by atomic mass is 10.1. The number of benzene rings is 2. The second-order valence-corrected chi connectivity index (χ2v) is 5.53. The lowest BCUT2D eigenvalue weighted by molar-refractivity contribution is -0.138. The Labute approximate surface area is 145 Å². The molecule has 0 saturated carbocycles. The summed E-state index contributed by atoms with van der Waals surface area (Å²) in [6, 6.07) is 9.15. The highest BCUT2D eigenvalue weighted by atomic mass is 19.4. The first-order valence-electron chi connectivity index (χ1n) is 7.42. The van der Waals surface area contributed by atoms with Gasteiger partial charge in [0.05, 0.1) is 22.6 Å². The standard InChI is InChI=1S/C18H14F6N2/c1-11(13-5-3-7-15(9-13)17(19,20)21)25-26-12(2)14-6-4-8-16(10-14)18(22,23)24/h3-10H,1-2H3/b25-11-,26-12+. The van der Waals surface area contributed by atoms with Crippen molar-refractivity contribution in [3.8, 4) is 0 Å². The molecule has 0 spiro atoms. The van der Waals surface area contributed by atoms with E-state index in [1.165, 1.54) is 38.1 Å². The minimum atomic E-state index is -4.48. The van der Waals surface area contributed by atoms with Gasteiger partial charge in [0.1, 0.15) is 0 Å². The summed E-state index contributed by atoms with van der Waals surface area (Å²) in [6.45, 7) is 2.94. The van der Waals surface area contributed by atoms with E-state index in [0.717, 1.165) is 24.3 Å². The van der Waals surface area contributed by atoms with E-state index in [9.17, 15) is 26.3 Å². The Bertz CT molecular complexity index is 776. The summed E-state index contributed by atoms with van der Waals surface area (Å²) >= 11 is 0. The minimum Gasteiger partial charge on any atom is -0.166 e. The molecule has 8 heteroatoms. The van der Waals surface area contributed by atoms with Crippen molar-refractivity contribution in [2.75, 3.05) is 0 Å². The monoisotopic (exact) mass is 372 g/mol. The normalized spacial score (nSPS) is 13.8. The number of rotatable bonds is 3. The molecule has 138 valence electrons. The van der Waals surface area contributed by atoms with Gasteiger partial charge in [-0.25, -0.2) is 0 Å². The highest BCUT2D eigenvalue weighted by Gasteiger charge is 2.31. The number of nitrogens with zero attached hydrogens (tertiary/aromatic N) is 2. The molecular formula is C18H14F6N2. The van der Waals surface area contributed by atoms with Gasteiger partial charge in [-0.3, -0.25) is 0 Å². The molecule has 0 N–H and O–H groups in total. The van der Waals surface area contributed by atoms with Crippen LogP contribution in [-0.4, -0.2) is 11.4 Å². The third kappa shape index (κ3) is 4.93. The molecule has 0 fully saturated rings. The van der Waals surface area contributed by atoms with Crippen LogP contribution in [0.5, 0.6) is 0 Å². The van der Waals surface area contributed by atoms with Crippen LogP contribution in [-0.2, 0) is 12.4 Å². The van der Waals surface area contributed by atoms with E-state index >= 15 is 0 Å². The largest absolute Gasteiger partial charge is 0.416 e. The smallest absolute Gasteiger partial charge is 0.166 e. The molecule has 26 heavy (non-hydrogen) atoms. The van der Waals surface area contributed by atoms with Gasteiger partial charge in [-0.1, -0.05) is 24.3 Å². The van der Waals surface area contributed by atoms with Crippen molar-refractivity contribution in [3.05, 3.63) is 70.8 Å². The Kier molecular flexibility index (Phi) is 5.53. The molecule has 0 aliphatic rings. The Morgan fingerprint density at radius 3 is 1.31 bits per heavy atom. The van der Waals surface area contributed by atoms with Crippen molar-refractivity contribution in [2.45, 2.75) is 26.2 Å². The van der Waals surface area contributed by atoms with Crippen LogP contribution in [0.25, 0.3) is 0 Å². The zero-order valence-corrected chi connectivity index (χ0v) is 13.8. The van der Waals surface area contributed by atoms with Crippen LogP contribution in [0.4, 0.5) is 26.3 Å². The molecule has 0 aromatic heterocycles. The van der Waals surface area contributed by atoms with Gasteiger partial charge in [0.15, 0.2) is 0 Å². The van der Waals surface area contributed by atoms with Crippen molar-refractivity contribution in [2.24, 2.45) is 10.2 Å². The van der Waals surface area contributed by atoms with Crippen LogP contribution >= 0.6 is 0 Å². The zero-order chi connectivity index (χ0) is 19.5. The van der Waals surface area contributed by atoms with Crippen molar-refractivity contribution < 1.29 is 26.3 Å². The maximum Gasteiger partial charge on any atom is 0.416 e. The first-order chi connectivity index (χ1) is 12.0. The van der Waals surface area contributed by atoms with Crippen LogP contribution in [0.1, 0.15) is 36.1 Å². The molecule has 0 aliphatic carbocycles. The lowest BCUT2D eigenvalue weighted by Crippen LogP contribution is -2.07. The molecule has 2 aromatic rings. The summed E-state index contributed by atoms with van der Waals surface area (Å²) < 4.78 is 76.4. The lowest BCUT2D eigenvalue weighted by Gasteiger charge is -2.09. The molecule has 0 unspecified atom stereocenters. The number of halogens is 6. The highest BCUT2D eigenvalue weighted by molar-refractivity contribution is 6.01. The van der Waals surface area contributed by atoms with E-state index in [-0.39, 0.29) is 22.6 Å². The van der Waals surface area contributed by atoms with Crippen molar-refractivity contribution >= 4 is 11.4 Å². The summed E-state index contributed by atoms with van der Waals surface area (Å²) in [5.74, 6) is 0. The number of hydrogen-bond donors (Lipinski definition) is 0. The number of alkyl halides is 6. The van der Waals surface area contributed by atoms with Gasteiger partial charge < -0.3 is 0 Å². The van der Waals surface area contributed by atoms with Crippen molar-refractivity contribution in [1.29, 1.82) is 0 Å². The molecule has 0 aliphatic heterocycles. The zero-order valence-electron chi connectivity index (χ0n) is 13.8. The van der Waals surface area contributed by atoms with E-state index < -0.39 is 23.5 Å². The van der Waals surface area contributed by atoms with Gasteiger partial charge in [-0.15, -0.1) is 0 Å². The van der Waals surface area contributed by atoms with E-state index in [1.54, 1.807) is 0 Å². The molecule has 2 nitrogen and oxygen atoms in total. The van der Waals surface area contributed by atoms with Gasteiger partial charge in [-0.05, 0) is 49.2 Å². The van der Waals surface area contributed by atoms with Gasteiger partial charge in [0.25, 0.3) is 0 Å². The Morgan fingerprint density at radius 1 is 0.654 bits per heavy atom. The Morgan fingerprint density at radius 2 is 1.00 bits per heavy atom. The topological polar surface area (TPSA) is 24.7 Å². The van der Waals surface area contributed by atoms with Gasteiger partial charge >= 0.3 is 12.4 Å². The van der Waals surface area contributed by atoms with Crippen LogP contribution in [0, 0.1) is 0 Å². The molecule has 0 atom stereocenters. The quantitative estimate of drug-likeness (QED) is 0.361. The molecule has 0 amide bonds. The van der Waals surface area contributed by atoms with Crippen LogP contribution in [0.2, 0.25) is 0 Å². The van der Waals surface area contributed by atoms with Gasteiger partial charge in [-0.2, -0.15) is 36.5 Å². The fraction of sp³-hybridized carbons (Fsp3) is 0.222. The van der Waals surface area contributed by atoms with Crippen LogP contribution < -0.4 is 0 Å². The predicted molar refractivity (Wildman–Crippen MR) is 87.3 cm³/mol. The molecule has 0 bridgehead atoms. The summed E-state index contributed by atoms with van der Waals surface area (Å²) in [6.07, 6.45) is -8.96. The molecule has 2 aromatic carbocycles. The third-order valence-corrected chi connectivity index (χ3v) is 3.57. The summed E-state index contributed by atoms with van der Waals surface area (Å²) in [4.78, 5) is 0. The molecule has 0 heterocycles. The Hall–Kier alpha value is -2.64. The van der Waals surface area contributed by atoms with Crippen molar-refractivity contribution in [3.63, 3.8) is 0 Å². The average molecular weight is 372 g/mol. The first-order valence-corrected chi connectivity index (χ1v) is 7.42. The fourth-order valence-electron chi connectivity index (χ4n) is 2.11. The van der Waals surface area contributed by atoms with Gasteiger partial charge in [0, 0.05) is 0 Å². The minimum absolute atomic E-state index is 0.211. The predicted octanol–water partition coefficient (Wildman–Crippen LogP) is 5.96. The SMILES string of the molecule is C/C(=N/N=C(\C)c1cccc(C(F)(F)F)c1)c1cccc(C(F)(F)F)c1. The second-order valence-electron chi connectivity index (χ2n) is 5.53. The highest BCUT2D eigenvalue weighted by Crippen LogP contribution is 2.30. The maximum absolute atomic E-state index is 12.7. The summed E-state index contributed by atoms with van der Waals surface area (Å²) in [5, 5.41) is 7.68. The van der Waals surface area contributed by atoms with Crippen molar-refractivity contribution in [1.82, 2.24) is 0 Å². The second kappa shape index (κ2) is 7.31. The molecule has 0 radical (unpaired) electrons. The van der Waals surface area contributed by atoms with E-state index in [0.29, 0.717) is 0 Å². The molecular weight excluding hydrogens is 358 g/mol. The molecule has 2 rings (SSSR count). The van der Waals surface area contributed by atoms with E-state index in [1.807, 2.05) is 0 Å². The fourth-order valence-corrected chi connectivity index (χ4v) is 2.11. The number of hydrogen-bond acceptors (Lipinski definition) is 2. The van der Waals surface area contributed by atoms with E-state index in [2.05, 4.69) is 10.2 Å². The summed E-state index contributed by atoms with van der Waals surface area (Å²) in [7, 11) is 0. The Balaban J connectivity index is 2.30. The average Bonchev–Trinajstić information content (AvgIpc) is 2.58. The van der Waals surface area contributed by atoms with Crippen LogP contribution in [0.3, 0.4) is 0 Å². The third-order valence-electron chi connectivity index (χ3n) is 3.57. The van der Waals surface area contributed by atoms with Gasteiger partial charge in [0.2, 0.25) is 0 Å². The summed E-state index contributed by atoms with van der Waals surface area (Å²) in [5.41, 5.74) is -0.767.